The maximum atomic E-state index is 13.0. The third-order valence-corrected chi connectivity index (χ3v) is 5.60. The van der Waals surface area contributed by atoms with Crippen molar-refractivity contribution in [2.75, 3.05) is 32.7 Å². The van der Waals surface area contributed by atoms with E-state index >= 15 is 0 Å². The third-order valence-electron chi connectivity index (χ3n) is 5.60. The largest absolute Gasteiger partial charge is 0.335 e. The van der Waals surface area contributed by atoms with Crippen molar-refractivity contribution in [3.63, 3.8) is 0 Å². The van der Waals surface area contributed by atoms with Crippen molar-refractivity contribution >= 4 is 5.91 Å². The van der Waals surface area contributed by atoms with Crippen LogP contribution in [0.3, 0.4) is 0 Å². The average Bonchev–Trinajstić information content (AvgIpc) is 3.39. The van der Waals surface area contributed by atoms with Crippen LogP contribution in [0.5, 0.6) is 0 Å². The number of benzene rings is 1. The van der Waals surface area contributed by atoms with E-state index in [-0.39, 0.29) is 5.91 Å². The number of piperazine rings is 1. The van der Waals surface area contributed by atoms with Crippen LogP contribution in [0, 0.1) is 0 Å². The molecule has 1 aliphatic rings. The van der Waals surface area contributed by atoms with Crippen LogP contribution >= 0.6 is 0 Å². The van der Waals surface area contributed by atoms with Gasteiger partial charge in [0.1, 0.15) is 11.5 Å². The molecule has 0 aliphatic carbocycles. The van der Waals surface area contributed by atoms with Gasteiger partial charge in [-0.1, -0.05) is 37.3 Å². The van der Waals surface area contributed by atoms with E-state index in [4.69, 9.17) is 0 Å². The third kappa shape index (κ3) is 4.24. The number of hydrogen-bond donors (Lipinski definition) is 0. The topological polar surface area (TPSA) is 59.2 Å². The van der Waals surface area contributed by atoms with Gasteiger partial charge in [0.15, 0.2) is 0 Å². The van der Waals surface area contributed by atoms with E-state index in [9.17, 15) is 4.79 Å². The predicted octanol–water partition coefficient (Wildman–Crippen LogP) is 2.30. The Labute approximate surface area is 171 Å². The quantitative estimate of drug-likeness (QED) is 0.646. The molecule has 4 rings (SSSR count). The molecule has 152 valence electrons. The Hall–Kier alpha value is -2.93. The molecule has 1 amide bonds. The number of hydrogen-bond acceptors (Lipinski definition) is 4. The average molecular weight is 393 g/mol. The van der Waals surface area contributed by atoms with Gasteiger partial charge in [-0.3, -0.25) is 14.4 Å². The zero-order valence-electron chi connectivity index (χ0n) is 17.2. The smallest absolute Gasteiger partial charge is 0.272 e. The summed E-state index contributed by atoms with van der Waals surface area (Å²) in [6.07, 6.45) is 4.86. The van der Waals surface area contributed by atoms with E-state index in [0.717, 1.165) is 62.8 Å². The van der Waals surface area contributed by atoms with Crippen LogP contribution in [0.15, 0.2) is 48.8 Å². The fourth-order valence-electron chi connectivity index (χ4n) is 3.86. The first-order valence-electron chi connectivity index (χ1n) is 10.3. The Morgan fingerprint density at radius 1 is 1.07 bits per heavy atom. The number of aryl methyl sites for hydroxylation is 2. The summed E-state index contributed by atoms with van der Waals surface area (Å²) in [4.78, 5) is 21.8. The maximum absolute atomic E-state index is 13.0. The van der Waals surface area contributed by atoms with Crippen molar-refractivity contribution in [1.82, 2.24) is 29.1 Å². The van der Waals surface area contributed by atoms with Gasteiger partial charge in [-0.2, -0.15) is 5.10 Å². The number of rotatable bonds is 6. The van der Waals surface area contributed by atoms with Crippen molar-refractivity contribution in [2.45, 2.75) is 19.9 Å². The fourth-order valence-corrected chi connectivity index (χ4v) is 3.86. The summed E-state index contributed by atoms with van der Waals surface area (Å²) < 4.78 is 3.92. The molecule has 0 bridgehead atoms. The minimum absolute atomic E-state index is 0.0599. The number of carbonyl (C=O) groups is 1. The Balaban J connectivity index is 1.34. The van der Waals surface area contributed by atoms with Gasteiger partial charge in [-0.25, -0.2) is 4.98 Å². The predicted molar refractivity (Wildman–Crippen MR) is 113 cm³/mol. The molecule has 3 aromatic rings. The van der Waals surface area contributed by atoms with Gasteiger partial charge in [0, 0.05) is 70.7 Å². The molecule has 0 N–H and O–H groups in total. The van der Waals surface area contributed by atoms with Crippen LogP contribution in [-0.4, -0.2) is 67.8 Å². The van der Waals surface area contributed by atoms with Crippen LogP contribution in [0.2, 0.25) is 0 Å². The number of aromatic nitrogens is 4. The van der Waals surface area contributed by atoms with Gasteiger partial charge >= 0.3 is 0 Å². The van der Waals surface area contributed by atoms with E-state index in [1.54, 1.807) is 4.68 Å². The summed E-state index contributed by atoms with van der Waals surface area (Å²) in [7, 11) is 1.84. The molecule has 29 heavy (non-hydrogen) atoms. The lowest BCUT2D eigenvalue weighted by atomic mass is 10.1. The molecule has 0 spiro atoms. The van der Waals surface area contributed by atoms with Crippen molar-refractivity contribution < 1.29 is 4.79 Å². The Morgan fingerprint density at radius 2 is 1.83 bits per heavy atom. The lowest BCUT2D eigenvalue weighted by Crippen LogP contribution is -2.49. The number of imidazole rings is 1. The molecule has 0 unspecified atom stereocenters. The lowest BCUT2D eigenvalue weighted by Gasteiger charge is -2.34. The van der Waals surface area contributed by atoms with Gasteiger partial charge in [0.05, 0.1) is 5.69 Å². The molecule has 1 saturated heterocycles. The summed E-state index contributed by atoms with van der Waals surface area (Å²) in [5.41, 5.74) is 2.50. The first-order valence-corrected chi connectivity index (χ1v) is 10.3. The van der Waals surface area contributed by atoms with Crippen LogP contribution in [0.1, 0.15) is 23.2 Å². The first-order chi connectivity index (χ1) is 14.2. The Morgan fingerprint density at radius 3 is 2.55 bits per heavy atom. The van der Waals surface area contributed by atoms with E-state index in [1.165, 1.54) is 0 Å². The second-order valence-corrected chi connectivity index (χ2v) is 7.43. The van der Waals surface area contributed by atoms with E-state index in [2.05, 4.69) is 26.5 Å². The molecule has 0 atom stereocenters. The molecule has 7 heteroatoms. The molecule has 7 nitrogen and oxygen atoms in total. The highest BCUT2D eigenvalue weighted by molar-refractivity contribution is 5.93. The van der Waals surface area contributed by atoms with Crippen molar-refractivity contribution in [2.24, 2.45) is 7.05 Å². The molecule has 2 aromatic heterocycles. The van der Waals surface area contributed by atoms with Crippen LogP contribution in [0.25, 0.3) is 11.3 Å². The summed E-state index contributed by atoms with van der Waals surface area (Å²) in [5.74, 6) is 1.19. The van der Waals surface area contributed by atoms with Gasteiger partial charge < -0.3 is 9.47 Å². The fraction of sp³-hybridized carbons (Fsp3) is 0.409. The first kappa shape index (κ1) is 19.4. The standard InChI is InChI=1S/C22H28N6O/c1-3-21-23-9-10-27(21)14-11-26-12-15-28(16-13-26)22(29)20-17-19(24-25(20)2)18-7-5-4-6-8-18/h4-10,17H,3,11-16H2,1-2H3. The van der Waals surface area contributed by atoms with Crippen molar-refractivity contribution in [3.05, 3.63) is 60.3 Å². The van der Waals surface area contributed by atoms with Gasteiger partial charge in [-0.15, -0.1) is 0 Å². The van der Waals surface area contributed by atoms with Crippen molar-refractivity contribution in [1.29, 1.82) is 0 Å². The second-order valence-electron chi connectivity index (χ2n) is 7.43. The van der Waals surface area contributed by atoms with Gasteiger partial charge in [-0.05, 0) is 6.07 Å². The number of carbonyl (C=O) groups excluding carboxylic acids is 1. The highest BCUT2D eigenvalue weighted by Gasteiger charge is 2.24. The highest BCUT2D eigenvalue weighted by atomic mass is 16.2. The second kappa shape index (κ2) is 8.61. The summed E-state index contributed by atoms with van der Waals surface area (Å²) in [6.45, 7) is 7.33. The molecule has 1 aromatic carbocycles. The van der Waals surface area contributed by atoms with E-state index < -0.39 is 0 Å². The molecular weight excluding hydrogens is 364 g/mol. The summed E-state index contributed by atoms with van der Waals surface area (Å²) in [5, 5.41) is 4.54. The van der Waals surface area contributed by atoms with Crippen LogP contribution in [-0.2, 0) is 20.0 Å². The summed E-state index contributed by atoms with van der Waals surface area (Å²) >= 11 is 0. The molecule has 1 fully saturated rings. The molecule has 3 heterocycles. The van der Waals surface area contributed by atoms with E-state index in [1.807, 2.05) is 60.7 Å². The van der Waals surface area contributed by atoms with E-state index in [0.29, 0.717) is 5.69 Å². The monoisotopic (exact) mass is 392 g/mol. The lowest BCUT2D eigenvalue weighted by molar-refractivity contribution is 0.0622. The van der Waals surface area contributed by atoms with Crippen LogP contribution in [0.4, 0.5) is 0 Å². The van der Waals surface area contributed by atoms with Gasteiger partial charge in [0.2, 0.25) is 0 Å². The van der Waals surface area contributed by atoms with Crippen LogP contribution < -0.4 is 0 Å². The SMILES string of the molecule is CCc1nccn1CCN1CCN(C(=O)c2cc(-c3ccccc3)nn2C)CC1. The summed E-state index contributed by atoms with van der Waals surface area (Å²) in [6, 6.07) is 11.9. The normalized spacial score (nSPS) is 15.0. The minimum atomic E-state index is 0.0599. The number of nitrogens with zero attached hydrogens (tertiary/aromatic N) is 6. The van der Waals surface area contributed by atoms with Gasteiger partial charge in [0.25, 0.3) is 5.91 Å². The zero-order valence-corrected chi connectivity index (χ0v) is 17.2. The molecule has 0 saturated carbocycles. The molecule has 1 aliphatic heterocycles. The Kier molecular flexibility index (Phi) is 5.76. The Bertz CT molecular complexity index is 953. The minimum Gasteiger partial charge on any atom is -0.335 e. The molecule has 0 radical (unpaired) electrons. The molecular formula is C22H28N6O. The maximum Gasteiger partial charge on any atom is 0.272 e. The highest BCUT2D eigenvalue weighted by Crippen LogP contribution is 2.19. The van der Waals surface area contributed by atoms with Crippen molar-refractivity contribution in [3.8, 4) is 11.3 Å². The number of amides is 1. The zero-order chi connectivity index (χ0) is 20.2.